The third-order valence-corrected chi connectivity index (χ3v) is 4.37. The second-order valence-corrected chi connectivity index (χ2v) is 5.82. The number of carbonyl (C=O) groups is 1. The Labute approximate surface area is 129 Å². The Morgan fingerprint density at radius 2 is 2.14 bits per heavy atom. The molecule has 2 heterocycles. The van der Waals surface area contributed by atoms with Crippen molar-refractivity contribution < 1.29 is 13.9 Å². The van der Waals surface area contributed by atoms with Crippen LogP contribution in [-0.2, 0) is 11.2 Å². The number of aromatic amines is 1. The number of aryl methyl sites for hydroxylation is 1. The van der Waals surface area contributed by atoms with Crippen LogP contribution in [0.3, 0.4) is 0 Å². The normalized spacial score (nSPS) is 16.2. The number of ether oxygens (including phenoxy) is 1. The molecule has 1 fully saturated rings. The lowest BCUT2D eigenvalue weighted by molar-refractivity contribution is -0.130. The molecule has 0 radical (unpaired) electrons. The molecular weight excluding hydrogens is 283 g/mol. The number of amides is 1. The summed E-state index contributed by atoms with van der Waals surface area (Å²) >= 11 is 0. The predicted molar refractivity (Wildman–Crippen MR) is 83.5 cm³/mol. The van der Waals surface area contributed by atoms with Crippen molar-refractivity contribution in [2.75, 3.05) is 13.1 Å². The lowest BCUT2D eigenvalue weighted by atomic mass is 10.1. The van der Waals surface area contributed by atoms with E-state index >= 15 is 0 Å². The van der Waals surface area contributed by atoms with Crippen molar-refractivity contribution >= 4 is 16.8 Å². The number of H-pyrrole nitrogens is 1. The van der Waals surface area contributed by atoms with Gasteiger partial charge in [-0.05, 0) is 18.1 Å². The van der Waals surface area contributed by atoms with Crippen LogP contribution in [0.1, 0.15) is 32.3 Å². The molecule has 1 saturated heterocycles. The van der Waals surface area contributed by atoms with Gasteiger partial charge in [0.15, 0.2) is 0 Å². The SMILES string of the molecule is CCc1c[nH]c2c(OC3CCN(C(C)=O)CC3)cc(F)cc12. The zero-order valence-corrected chi connectivity index (χ0v) is 13.0. The summed E-state index contributed by atoms with van der Waals surface area (Å²) in [6, 6.07) is 2.99. The molecule has 0 bridgehead atoms. The molecule has 22 heavy (non-hydrogen) atoms. The molecule has 1 N–H and O–H groups in total. The van der Waals surface area contributed by atoms with E-state index in [4.69, 9.17) is 4.74 Å². The molecule has 1 amide bonds. The maximum atomic E-state index is 13.9. The second-order valence-electron chi connectivity index (χ2n) is 5.82. The molecule has 1 aliphatic rings. The Bertz CT molecular complexity index is 687. The molecule has 118 valence electrons. The predicted octanol–water partition coefficient (Wildman–Crippen LogP) is 3.26. The van der Waals surface area contributed by atoms with E-state index in [9.17, 15) is 9.18 Å². The van der Waals surface area contributed by atoms with Gasteiger partial charge in [0.05, 0.1) is 5.52 Å². The van der Waals surface area contributed by atoms with E-state index in [0.717, 1.165) is 35.7 Å². The van der Waals surface area contributed by atoms with Crippen molar-refractivity contribution in [2.24, 2.45) is 0 Å². The zero-order chi connectivity index (χ0) is 15.7. The van der Waals surface area contributed by atoms with Crippen molar-refractivity contribution in [3.8, 4) is 5.75 Å². The van der Waals surface area contributed by atoms with Gasteiger partial charge < -0.3 is 14.6 Å². The molecule has 3 rings (SSSR count). The summed E-state index contributed by atoms with van der Waals surface area (Å²) < 4.78 is 19.9. The first-order valence-electron chi connectivity index (χ1n) is 7.80. The van der Waals surface area contributed by atoms with Gasteiger partial charge in [-0.25, -0.2) is 4.39 Å². The van der Waals surface area contributed by atoms with Crippen LogP contribution in [0.5, 0.6) is 5.75 Å². The van der Waals surface area contributed by atoms with Crippen LogP contribution in [0.15, 0.2) is 18.3 Å². The summed E-state index contributed by atoms with van der Waals surface area (Å²) in [7, 11) is 0. The van der Waals surface area contributed by atoms with Gasteiger partial charge in [-0.2, -0.15) is 0 Å². The lowest BCUT2D eigenvalue weighted by Gasteiger charge is -2.31. The Hall–Kier alpha value is -2.04. The molecule has 0 unspecified atom stereocenters. The summed E-state index contributed by atoms with van der Waals surface area (Å²) in [5, 5.41) is 0.888. The Kier molecular flexibility index (Phi) is 4.05. The number of halogens is 1. The number of fused-ring (bicyclic) bond motifs is 1. The van der Waals surface area contributed by atoms with Crippen LogP contribution in [0.25, 0.3) is 10.9 Å². The Balaban J connectivity index is 1.80. The lowest BCUT2D eigenvalue weighted by Crippen LogP contribution is -2.40. The van der Waals surface area contributed by atoms with Gasteiger partial charge in [0.2, 0.25) is 5.91 Å². The van der Waals surface area contributed by atoms with Gasteiger partial charge in [-0.15, -0.1) is 0 Å². The summed E-state index contributed by atoms with van der Waals surface area (Å²) in [5.74, 6) is 0.387. The zero-order valence-electron chi connectivity index (χ0n) is 13.0. The van der Waals surface area contributed by atoms with Crippen molar-refractivity contribution in [3.05, 3.63) is 29.7 Å². The van der Waals surface area contributed by atoms with Crippen LogP contribution in [0.2, 0.25) is 0 Å². The van der Waals surface area contributed by atoms with Crippen LogP contribution in [0, 0.1) is 5.82 Å². The number of rotatable bonds is 3. The number of nitrogens with zero attached hydrogens (tertiary/aromatic N) is 1. The van der Waals surface area contributed by atoms with Crippen molar-refractivity contribution in [1.82, 2.24) is 9.88 Å². The molecule has 2 aromatic rings. The topological polar surface area (TPSA) is 45.3 Å². The molecular formula is C17H21FN2O2. The maximum absolute atomic E-state index is 13.9. The van der Waals surface area contributed by atoms with E-state index in [0.29, 0.717) is 18.8 Å². The largest absolute Gasteiger partial charge is 0.488 e. The van der Waals surface area contributed by atoms with Crippen LogP contribution in [-0.4, -0.2) is 35.0 Å². The number of piperidine rings is 1. The van der Waals surface area contributed by atoms with Gasteiger partial charge in [0.25, 0.3) is 0 Å². The number of hydrogen-bond acceptors (Lipinski definition) is 2. The first-order chi connectivity index (χ1) is 10.6. The van der Waals surface area contributed by atoms with E-state index < -0.39 is 0 Å². The minimum Gasteiger partial charge on any atom is -0.488 e. The minimum atomic E-state index is -0.280. The first kappa shape index (κ1) is 14.9. The minimum absolute atomic E-state index is 0.0222. The highest BCUT2D eigenvalue weighted by Gasteiger charge is 2.23. The molecule has 5 heteroatoms. The van der Waals surface area contributed by atoms with Gasteiger partial charge in [-0.1, -0.05) is 6.92 Å². The maximum Gasteiger partial charge on any atom is 0.219 e. The van der Waals surface area contributed by atoms with Crippen molar-refractivity contribution in [2.45, 2.75) is 39.2 Å². The number of carbonyl (C=O) groups excluding carboxylic acids is 1. The molecule has 4 nitrogen and oxygen atoms in total. The average Bonchev–Trinajstić information content (AvgIpc) is 2.90. The standard InChI is InChI=1S/C17H21FN2O2/c1-3-12-10-19-17-15(12)8-13(18)9-16(17)22-14-4-6-20(7-5-14)11(2)21/h8-10,14,19H,3-7H2,1-2H3. The molecule has 0 atom stereocenters. The smallest absolute Gasteiger partial charge is 0.219 e. The highest BCUT2D eigenvalue weighted by atomic mass is 19.1. The molecule has 1 aliphatic heterocycles. The fourth-order valence-corrected chi connectivity index (χ4v) is 3.07. The fraction of sp³-hybridized carbons (Fsp3) is 0.471. The van der Waals surface area contributed by atoms with E-state index in [1.165, 1.54) is 6.07 Å². The number of nitrogens with one attached hydrogen (secondary N) is 1. The summed E-state index contributed by atoms with van der Waals surface area (Å²) in [5.41, 5.74) is 1.94. The van der Waals surface area contributed by atoms with Crippen molar-refractivity contribution in [3.63, 3.8) is 0 Å². The summed E-state index contributed by atoms with van der Waals surface area (Å²) in [4.78, 5) is 16.4. The van der Waals surface area contributed by atoms with Gasteiger partial charge >= 0.3 is 0 Å². The highest BCUT2D eigenvalue weighted by molar-refractivity contribution is 5.88. The third-order valence-electron chi connectivity index (χ3n) is 4.37. The molecule has 0 aliphatic carbocycles. The van der Waals surface area contributed by atoms with Crippen LogP contribution < -0.4 is 4.74 Å². The van der Waals surface area contributed by atoms with E-state index in [1.807, 2.05) is 18.0 Å². The van der Waals surface area contributed by atoms with Gasteiger partial charge in [0, 0.05) is 50.5 Å². The van der Waals surface area contributed by atoms with Gasteiger partial charge in [-0.3, -0.25) is 4.79 Å². The number of hydrogen-bond donors (Lipinski definition) is 1. The average molecular weight is 304 g/mol. The summed E-state index contributed by atoms with van der Waals surface area (Å²) in [6.45, 7) is 5.03. The Morgan fingerprint density at radius 1 is 1.41 bits per heavy atom. The monoisotopic (exact) mass is 304 g/mol. The van der Waals surface area contributed by atoms with E-state index in [2.05, 4.69) is 4.98 Å². The number of likely N-dealkylation sites (tertiary alicyclic amines) is 1. The highest BCUT2D eigenvalue weighted by Crippen LogP contribution is 2.31. The third kappa shape index (κ3) is 2.80. The van der Waals surface area contributed by atoms with E-state index in [1.54, 1.807) is 13.0 Å². The Morgan fingerprint density at radius 3 is 2.77 bits per heavy atom. The molecule has 1 aromatic carbocycles. The molecule has 1 aromatic heterocycles. The number of benzene rings is 1. The quantitative estimate of drug-likeness (QED) is 0.946. The molecule has 0 spiro atoms. The van der Waals surface area contributed by atoms with Crippen LogP contribution in [0.4, 0.5) is 4.39 Å². The number of aromatic nitrogens is 1. The fourth-order valence-electron chi connectivity index (χ4n) is 3.07. The van der Waals surface area contributed by atoms with Crippen LogP contribution >= 0.6 is 0 Å². The molecule has 0 saturated carbocycles. The summed E-state index contributed by atoms with van der Waals surface area (Å²) in [6.07, 6.45) is 4.33. The van der Waals surface area contributed by atoms with E-state index in [-0.39, 0.29) is 17.8 Å². The second kappa shape index (κ2) is 5.99. The van der Waals surface area contributed by atoms with Crippen molar-refractivity contribution in [1.29, 1.82) is 0 Å². The van der Waals surface area contributed by atoms with Gasteiger partial charge in [0.1, 0.15) is 17.7 Å². The first-order valence-corrected chi connectivity index (χ1v) is 7.80.